The maximum atomic E-state index is 12.0. The van der Waals surface area contributed by atoms with Crippen LogP contribution in [-0.4, -0.2) is 27.6 Å². The first-order valence-electron chi connectivity index (χ1n) is 7.49. The zero-order chi connectivity index (χ0) is 16.9. The van der Waals surface area contributed by atoms with Crippen LogP contribution < -0.4 is 10.9 Å². The number of hydrogen-bond donors (Lipinski definition) is 2. The molecule has 1 aromatic carbocycles. The van der Waals surface area contributed by atoms with Gasteiger partial charge in [0.15, 0.2) is 5.89 Å². The minimum atomic E-state index is -0.358. The summed E-state index contributed by atoms with van der Waals surface area (Å²) in [4.78, 5) is 27.3. The quantitative estimate of drug-likeness (QED) is 0.744. The topological polar surface area (TPSA) is 101 Å². The van der Waals surface area contributed by atoms with Crippen molar-refractivity contribution in [1.82, 2.24) is 20.5 Å². The molecule has 24 heavy (non-hydrogen) atoms. The lowest BCUT2D eigenvalue weighted by atomic mass is 10.1. The van der Waals surface area contributed by atoms with Gasteiger partial charge in [0.25, 0.3) is 11.5 Å². The fraction of sp³-hybridized carbons (Fsp3) is 0.176. The third-order valence-electron chi connectivity index (χ3n) is 3.40. The van der Waals surface area contributed by atoms with E-state index in [0.717, 1.165) is 11.3 Å². The molecule has 7 heteroatoms. The summed E-state index contributed by atoms with van der Waals surface area (Å²) in [7, 11) is 0. The lowest BCUT2D eigenvalue weighted by Crippen LogP contribution is -2.27. The molecule has 0 atom stereocenters. The lowest BCUT2D eigenvalue weighted by Gasteiger charge is -2.04. The van der Waals surface area contributed by atoms with Crippen LogP contribution in [-0.2, 0) is 6.42 Å². The Morgan fingerprint density at radius 1 is 1.21 bits per heavy atom. The summed E-state index contributed by atoms with van der Waals surface area (Å²) in [6.07, 6.45) is 0.500. The van der Waals surface area contributed by atoms with Crippen LogP contribution in [0, 0.1) is 6.92 Å². The number of hydrogen-bond acceptors (Lipinski definition) is 5. The van der Waals surface area contributed by atoms with E-state index in [1.165, 1.54) is 12.1 Å². The van der Waals surface area contributed by atoms with Gasteiger partial charge in [0, 0.05) is 31.5 Å². The molecule has 3 rings (SSSR count). The van der Waals surface area contributed by atoms with Crippen LogP contribution in [0.5, 0.6) is 0 Å². The Kier molecular flexibility index (Phi) is 4.51. The summed E-state index contributed by atoms with van der Waals surface area (Å²) in [5.41, 5.74) is 1.56. The first kappa shape index (κ1) is 15.7. The molecule has 2 N–H and O–H groups in total. The Morgan fingerprint density at radius 3 is 2.71 bits per heavy atom. The first-order valence-corrected chi connectivity index (χ1v) is 7.49. The zero-order valence-electron chi connectivity index (χ0n) is 13.1. The number of nitrogens with one attached hydrogen (secondary N) is 2. The first-order chi connectivity index (χ1) is 11.6. The molecular formula is C17H16N4O3. The van der Waals surface area contributed by atoms with Crippen LogP contribution in [0.1, 0.15) is 22.1 Å². The molecule has 122 valence electrons. The average Bonchev–Trinajstić information content (AvgIpc) is 2.97. The van der Waals surface area contributed by atoms with Gasteiger partial charge in [-0.3, -0.25) is 9.59 Å². The van der Waals surface area contributed by atoms with Crippen LogP contribution in [0.3, 0.4) is 0 Å². The second kappa shape index (κ2) is 6.91. The summed E-state index contributed by atoms with van der Waals surface area (Å²) < 4.78 is 5.65. The van der Waals surface area contributed by atoms with Crippen molar-refractivity contribution in [1.29, 1.82) is 0 Å². The molecule has 1 amide bonds. The maximum Gasteiger partial charge on any atom is 0.271 e. The Labute approximate surface area is 137 Å². The summed E-state index contributed by atoms with van der Waals surface area (Å²) in [5, 5.41) is 8.66. The summed E-state index contributed by atoms with van der Waals surface area (Å²) in [5.74, 6) is 0.939. The SMILES string of the molecule is Cc1nc(-c2ccccc2)c(CCNC(=O)c2ccc(=O)[nH]n2)o1. The standard InChI is InChI=1S/C17H16N4O3/c1-11-19-16(12-5-3-2-4-6-12)14(24-11)9-10-18-17(23)13-7-8-15(22)21-20-13/h2-8H,9-10H2,1H3,(H,18,23)(H,21,22). The Bertz CT molecular complexity index is 879. The molecule has 2 heterocycles. The highest BCUT2D eigenvalue weighted by Gasteiger charge is 2.14. The molecule has 0 unspecified atom stereocenters. The van der Waals surface area contributed by atoms with Crippen LogP contribution in [0.2, 0.25) is 0 Å². The van der Waals surface area contributed by atoms with E-state index < -0.39 is 0 Å². The number of H-pyrrole nitrogens is 1. The van der Waals surface area contributed by atoms with Gasteiger partial charge in [0.2, 0.25) is 0 Å². The molecule has 7 nitrogen and oxygen atoms in total. The molecular weight excluding hydrogens is 308 g/mol. The van der Waals surface area contributed by atoms with Crippen LogP contribution in [0.25, 0.3) is 11.3 Å². The lowest BCUT2D eigenvalue weighted by molar-refractivity contribution is 0.0947. The van der Waals surface area contributed by atoms with Gasteiger partial charge < -0.3 is 9.73 Å². The van der Waals surface area contributed by atoms with Crippen molar-refractivity contribution in [3.05, 3.63) is 70.2 Å². The molecule has 3 aromatic rings. The zero-order valence-corrected chi connectivity index (χ0v) is 13.1. The van der Waals surface area contributed by atoms with Crippen molar-refractivity contribution in [3.63, 3.8) is 0 Å². The van der Waals surface area contributed by atoms with Crippen molar-refractivity contribution in [2.45, 2.75) is 13.3 Å². The highest BCUT2D eigenvalue weighted by molar-refractivity contribution is 5.91. The van der Waals surface area contributed by atoms with Gasteiger partial charge in [-0.25, -0.2) is 10.1 Å². The van der Waals surface area contributed by atoms with Crippen LogP contribution in [0.15, 0.2) is 51.7 Å². The number of aromatic amines is 1. The van der Waals surface area contributed by atoms with E-state index in [-0.39, 0.29) is 17.2 Å². The number of carbonyl (C=O) groups excluding carboxylic acids is 1. The number of carbonyl (C=O) groups is 1. The van der Waals surface area contributed by atoms with Gasteiger partial charge >= 0.3 is 0 Å². The predicted molar refractivity (Wildman–Crippen MR) is 87.6 cm³/mol. The number of benzene rings is 1. The molecule has 0 saturated carbocycles. The minimum Gasteiger partial charge on any atom is -0.445 e. The van der Waals surface area contributed by atoms with Gasteiger partial charge in [-0.2, -0.15) is 5.10 Å². The third-order valence-corrected chi connectivity index (χ3v) is 3.40. The van der Waals surface area contributed by atoms with E-state index in [1.54, 1.807) is 6.92 Å². The second-order valence-electron chi connectivity index (χ2n) is 5.18. The van der Waals surface area contributed by atoms with E-state index in [4.69, 9.17) is 4.42 Å². The molecule has 0 aliphatic heterocycles. The maximum absolute atomic E-state index is 12.0. The molecule has 0 saturated heterocycles. The molecule has 2 aromatic heterocycles. The summed E-state index contributed by atoms with van der Waals surface area (Å²) >= 11 is 0. The van der Waals surface area contributed by atoms with Crippen LogP contribution >= 0.6 is 0 Å². The predicted octanol–water partition coefficient (Wildman–Crippen LogP) is 1.71. The van der Waals surface area contributed by atoms with Gasteiger partial charge in [0.1, 0.15) is 17.1 Å². The van der Waals surface area contributed by atoms with Crippen molar-refractivity contribution >= 4 is 5.91 Å². The van der Waals surface area contributed by atoms with Gasteiger partial charge in [-0.05, 0) is 6.07 Å². The van der Waals surface area contributed by atoms with Crippen molar-refractivity contribution < 1.29 is 9.21 Å². The van der Waals surface area contributed by atoms with E-state index in [0.29, 0.717) is 24.6 Å². The van der Waals surface area contributed by atoms with Gasteiger partial charge in [-0.15, -0.1) is 0 Å². The fourth-order valence-electron chi connectivity index (χ4n) is 2.31. The third kappa shape index (κ3) is 3.57. The smallest absolute Gasteiger partial charge is 0.271 e. The molecule has 0 fully saturated rings. The number of aryl methyl sites for hydroxylation is 1. The van der Waals surface area contributed by atoms with Gasteiger partial charge in [-0.1, -0.05) is 30.3 Å². The molecule has 0 radical (unpaired) electrons. The van der Waals surface area contributed by atoms with E-state index in [9.17, 15) is 9.59 Å². The number of rotatable bonds is 5. The molecule has 0 spiro atoms. The van der Waals surface area contributed by atoms with E-state index >= 15 is 0 Å². The minimum absolute atomic E-state index is 0.159. The van der Waals surface area contributed by atoms with Crippen molar-refractivity contribution in [3.8, 4) is 11.3 Å². The molecule has 0 aliphatic carbocycles. The number of amides is 1. The van der Waals surface area contributed by atoms with Crippen molar-refractivity contribution in [2.75, 3.05) is 6.54 Å². The van der Waals surface area contributed by atoms with Gasteiger partial charge in [0.05, 0.1) is 0 Å². The van der Waals surface area contributed by atoms with E-state index in [2.05, 4.69) is 20.5 Å². The van der Waals surface area contributed by atoms with Crippen LogP contribution in [0.4, 0.5) is 0 Å². The van der Waals surface area contributed by atoms with E-state index in [1.807, 2.05) is 30.3 Å². The van der Waals surface area contributed by atoms with Crippen molar-refractivity contribution in [2.24, 2.45) is 0 Å². The monoisotopic (exact) mass is 324 g/mol. The average molecular weight is 324 g/mol. The number of nitrogens with zero attached hydrogens (tertiary/aromatic N) is 2. The molecule has 0 aliphatic rings. The molecule has 0 bridgehead atoms. The summed E-state index contributed by atoms with van der Waals surface area (Å²) in [6.45, 7) is 2.16. The number of aromatic nitrogens is 3. The fourth-order valence-corrected chi connectivity index (χ4v) is 2.31. The highest BCUT2D eigenvalue weighted by Crippen LogP contribution is 2.23. The summed E-state index contributed by atoms with van der Waals surface area (Å²) in [6, 6.07) is 12.4. The Hall–Kier alpha value is -3.22. The normalized spacial score (nSPS) is 10.5. The highest BCUT2D eigenvalue weighted by atomic mass is 16.4. The Balaban J connectivity index is 1.66. The number of oxazole rings is 1. The second-order valence-corrected chi connectivity index (χ2v) is 5.18. The Morgan fingerprint density at radius 2 is 2.00 bits per heavy atom. The largest absolute Gasteiger partial charge is 0.445 e.